The van der Waals surface area contributed by atoms with Gasteiger partial charge in [-0.2, -0.15) is 17.6 Å². The average Bonchev–Trinajstić information content (AvgIpc) is 2.97. The van der Waals surface area contributed by atoms with Gasteiger partial charge < -0.3 is 9.47 Å². The second kappa shape index (κ2) is 7.30. The largest absolute Gasteiger partial charge is 0.496 e. The SMILES string of the molecule is COc1ccccc1[C@@H](NS(=O)C(F)(F)C(F)(F)Cl)[C@H]1C=CC(=O)O1. The third-order valence-corrected chi connectivity index (χ3v) is 4.81. The van der Waals surface area contributed by atoms with Crippen LogP contribution in [-0.2, 0) is 20.5 Å². The van der Waals surface area contributed by atoms with Crippen LogP contribution in [0.15, 0.2) is 36.4 Å². The summed E-state index contributed by atoms with van der Waals surface area (Å²) in [5.41, 5.74) is 0.177. The molecule has 0 amide bonds. The summed E-state index contributed by atoms with van der Waals surface area (Å²) >= 11 is 4.35. The van der Waals surface area contributed by atoms with E-state index in [0.717, 1.165) is 6.08 Å². The van der Waals surface area contributed by atoms with E-state index in [-0.39, 0.29) is 11.3 Å². The van der Waals surface area contributed by atoms with Gasteiger partial charge in [-0.1, -0.05) is 18.2 Å². The summed E-state index contributed by atoms with van der Waals surface area (Å²) in [4.78, 5) is 11.3. The molecule has 0 bridgehead atoms. The second-order valence-electron chi connectivity index (χ2n) is 4.88. The summed E-state index contributed by atoms with van der Waals surface area (Å²) < 4.78 is 76.5. The van der Waals surface area contributed by atoms with E-state index in [1.165, 1.54) is 31.4 Å². The number of halogens is 5. The smallest absolute Gasteiger partial charge is 0.410 e. The van der Waals surface area contributed by atoms with Crippen LogP contribution < -0.4 is 9.46 Å². The number of para-hydroxylation sites is 1. The summed E-state index contributed by atoms with van der Waals surface area (Å²) in [5, 5.41) is -10.1. The Labute approximate surface area is 147 Å². The van der Waals surface area contributed by atoms with Crippen molar-refractivity contribution in [2.45, 2.75) is 22.8 Å². The van der Waals surface area contributed by atoms with Crippen molar-refractivity contribution in [3.63, 3.8) is 0 Å². The summed E-state index contributed by atoms with van der Waals surface area (Å²) in [6.07, 6.45) is 1.10. The Morgan fingerprint density at radius 3 is 2.48 bits per heavy atom. The van der Waals surface area contributed by atoms with Crippen LogP contribution in [0, 0.1) is 0 Å². The number of nitrogens with one attached hydrogen (secondary N) is 1. The Balaban J connectivity index is 2.38. The van der Waals surface area contributed by atoms with Gasteiger partial charge in [-0.3, -0.25) is 0 Å². The lowest BCUT2D eigenvalue weighted by molar-refractivity contribution is -0.139. The van der Waals surface area contributed by atoms with Crippen LogP contribution >= 0.6 is 11.6 Å². The number of carbonyl (C=O) groups is 1. The van der Waals surface area contributed by atoms with E-state index < -0.39 is 39.7 Å². The van der Waals surface area contributed by atoms with Crippen LogP contribution in [0.25, 0.3) is 0 Å². The minimum Gasteiger partial charge on any atom is -0.496 e. The van der Waals surface area contributed by atoms with Crippen LogP contribution in [0.5, 0.6) is 5.75 Å². The number of alkyl halides is 5. The van der Waals surface area contributed by atoms with E-state index >= 15 is 0 Å². The van der Waals surface area contributed by atoms with Crippen LogP contribution in [0.2, 0.25) is 0 Å². The van der Waals surface area contributed by atoms with Gasteiger partial charge in [-0.15, -0.1) is 0 Å². The van der Waals surface area contributed by atoms with E-state index in [9.17, 15) is 26.6 Å². The van der Waals surface area contributed by atoms with Crippen LogP contribution in [0.1, 0.15) is 11.6 Å². The Kier molecular flexibility index (Phi) is 5.75. The monoisotopic (exact) mass is 401 g/mol. The fraction of sp³-hybridized carbons (Fsp3) is 0.357. The van der Waals surface area contributed by atoms with Gasteiger partial charge in [0.2, 0.25) is 0 Å². The lowest BCUT2D eigenvalue weighted by Crippen LogP contribution is -2.47. The van der Waals surface area contributed by atoms with Crippen LogP contribution in [0.4, 0.5) is 17.6 Å². The first-order valence-electron chi connectivity index (χ1n) is 6.72. The standard InChI is InChI=1S/C14H12ClF4NO4S/c1-23-9-5-3-2-4-8(9)12(10-6-7-11(21)24-10)20-25(22)14(18,19)13(15,16)17/h2-7,10,12,20H,1H3/t10-,12-,25?/m1/s1. The molecule has 1 aliphatic heterocycles. The lowest BCUT2D eigenvalue weighted by Gasteiger charge is -2.27. The van der Waals surface area contributed by atoms with Crippen molar-refractivity contribution in [2.24, 2.45) is 0 Å². The highest BCUT2D eigenvalue weighted by Gasteiger charge is 2.61. The number of hydrogen-bond acceptors (Lipinski definition) is 4. The molecule has 0 spiro atoms. The molecule has 1 aliphatic rings. The van der Waals surface area contributed by atoms with E-state index in [1.807, 2.05) is 4.72 Å². The zero-order valence-electron chi connectivity index (χ0n) is 12.5. The van der Waals surface area contributed by atoms with E-state index in [1.54, 1.807) is 6.07 Å². The summed E-state index contributed by atoms with van der Waals surface area (Å²) in [6.45, 7) is 0. The van der Waals surface area contributed by atoms with Gasteiger partial charge in [0.1, 0.15) is 11.9 Å². The van der Waals surface area contributed by atoms with Gasteiger partial charge in [0.15, 0.2) is 11.0 Å². The van der Waals surface area contributed by atoms with Gasteiger partial charge in [0.05, 0.1) is 13.2 Å². The minimum atomic E-state index is -5.07. The zero-order chi connectivity index (χ0) is 18.8. The highest BCUT2D eigenvalue weighted by atomic mass is 35.5. The zero-order valence-corrected chi connectivity index (χ0v) is 14.1. The van der Waals surface area contributed by atoms with Gasteiger partial charge in [-0.25, -0.2) is 13.7 Å². The van der Waals surface area contributed by atoms with E-state index in [0.29, 0.717) is 0 Å². The molecular formula is C14H12ClF4NO4S. The molecule has 1 unspecified atom stereocenters. The number of methoxy groups -OCH3 is 1. The molecule has 25 heavy (non-hydrogen) atoms. The third-order valence-electron chi connectivity index (χ3n) is 3.27. The average molecular weight is 402 g/mol. The Morgan fingerprint density at radius 2 is 1.96 bits per heavy atom. The Morgan fingerprint density at radius 1 is 1.32 bits per heavy atom. The Hall–Kier alpha value is -1.65. The van der Waals surface area contributed by atoms with Crippen LogP contribution in [0.3, 0.4) is 0 Å². The molecule has 3 atom stereocenters. The molecular weight excluding hydrogens is 390 g/mol. The van der Waals surface area contributed by atoms with Crippen LogP contribution in [-0.4, -0.2) is 34.0 Å². The fourth-order valence-corrected chi connectivity index (χ4v) is 3.15. The number of ether oxygens (including phenoxy) is 2. The first-order valence-corrected chi connectivity index (χ1v) is 8.25. The van der Waals surface area contributed by atoms with Gasteiger partial charge >= 0.3 is 16.6 Å². The van der Waals surface area contributed by atoms with Gasteiger partial charge in [-0.05, 0) is 23.7 Å². The molecule has 0 fully saturated rings. The first kappa shape index (κ1) is 19.7. The van der Waals surface area contributed by atoms with Crippen molar-refractivity contribution >= 4 is 28.6 Å². The topological polar surface area (TPSA) is 64.6 Å². The van der Waals surface area contributed by atoms with Crippen molar-refractivity contribution in [1.82, 2.24) is 4.72 Å². The number of esters is 1. The molecule has 1 aromatic rings. The quantitative estimate of drug-likeness (QED) is 0.433. The molecule has 1 aromatic carbocycles. The molecule has 1 N–H and O–H groups in total. The molecule has 0 aliphatic carbocycles. The normalized spacial score (nSPS) is 20.2. The number of benzene rings is 1. The van der Waals surface area contributed by atoms with Crippen molar-refractivity contribution in [2.75, 3.05) is 7.11 Å². The molecule has 0 saturated carbocycles. The summed E-state index contributed by atoms with van der Waals surface area (Å²) in [5.74, 6) is -0.568. The number of hydrogen-bond donors (Lipinski definition) is 1. The highest BCUT2D eigenvalue weighted by Crippen LogP contribution is 2.41. The predicted molar refractivity (Wildman–Crippen MR) is 81.8 cm³/mol. The van der Waals surface area contributed by atoms with Crippen molar-refractivity contribution < 1.29 is 36.0 Å². The summed E-state index contributed by atoms with van der Waals surface area (Å²) in [7, 11) is -2.30. The molecule has 0 saturated heterocycles. The maximum atomic E-state index is 13.5. The molecule has 138 valence electrons. The van der Waals surface area contributed by atoms with Crippen molar-refractivity contribution in [1.29, 1.82) is 0 Å². The first-order chi connectivity index (χ1) is 11.6. The minimum absolute atomic E-state index is 0.177. The molecule has 2 rings (SSSR count). The van der Waals surface area contributed by atoms with Gasteiger partial charge in [0, 0.05) is 11.6 Å². The second-order valence-corrected chi connectivity index (χ2v) is 6.64. The maximum Gasteiger partial charge on any atom is 0.410 e. The molecule has 5 nitrogen and oxygen atoms in total. The van der Waals surface area contributed by atoms with Crippen molar-refractivity contribution in [3.8, 4) is 5.75 Å². The maximum absolute atomic E-state index is 13.5. The molecule has 0 aromatic heterocycles. The third kappa shape index (κ3) is 4.13. The molecule has 0 radical (unpaired) electrons. The molecule has 1 heterocycles. The highest BCUT2D eigenvalue weighted by molar-refractivity contribution is 7.84. The number of rotatable bonds is 7. The number of carbonyl (C=O) groups excluding carboxylic acids is 1. The number of cyclic esters (lactones) is 1. The lowest BCUT2D eigenvalue weighted by atomic mass is 10.0. The van der Waals surface area contributed by atoms with E-state index in [4.69, 9.17) is 9.47 Å². The predicted octanol–water partition coefficient (Wildman–Crippen LogP) is 2.90. The van der Waals surface area contributed by atoms with E-state index in [2.05, 4.69) is 11.6 Å². The van der Waals surface area contributed by atoms with Crippen molar-refractivity contribution in [3.05, 3.63) is 42.0 Å². The summed E-state index contributed by atoms with van der Waals surface area (Å²) in [6, 6.07) is 4.65. The molecule has 11 heteroatoms. The van der Waals surface area contributed by atoms with Gasteiger partial charge in [0.25, 0.3) is 0 Å². The Bertz CT molecular complexity index is 710. The fourth-order valence-electron chi connectivity index (χ4n) is 2.09.